The van der Waals surface area contributed by atoms with Gasteiger partial charge >= 0.3 is 0 Å². The van der Waals surface area contributed by atoms with Gasteiger partial charge in [-0.2, -0.15) is 10.2 Å². The van der Waals surface area contributed by atoms with Crippen LogP contribution in [0.15, 0.2) is 4.52 Å². The zero-order valence-electron chi connectivity index (χ0n) is 8.61. The molecule has 0 aliphatic heterocycles. The van der Waals surface area contributed by atoms with E-state index in [-0.39, 0.29) is 17.3 Å². The highest BCUT2D eigenvalue weighted by atomic mass is 16.5. The number of rotatable bonds is 1. The summed E-state index contributed by atoms with van der Waals surface area (Å²) in [7, 11) is 0. The molecule has 0 N–H and O–H groups in total. The van der Waals surface area contributed by atoms with Crippen LogP contribution >= 0.6 is 0 Å². The molecule has 1 aromatic rings. The maximum Gasteiger partial charge on any atom is 0.231 e. The van der Waals surface area contributed by atoms with Crippen molar-refractivity contribution in [1.82, 2.24) is 10.1 Å². The van der Waals surface area contributed by atoms with Crippen LogP contribution < -0.4 is 0 Å². The first-order valence-electron chi connectivity index (χ1n) is 4.76. The fraction of sp³-hybridized carbons (Fsp3) is 0.700. The van der Waals surface area contributed by atoms with Crippen molar-refractivity contribution in [2.45, 2.75) is 38.5 Å². The number of aromatic nitrogens is 2. The Morgan fingerprint density at radius 2 is 2.21 bits per heavy atom. The molecule has 4 nitrogen and oxygen atoms in total. The predicted molar refractivity (Wildman–Crippen MR) is 49.5 cm³/mol. The van der Waals surface area contributed by atoms with Crippen molar-refractivity contribution in [3.63, 3.8) is 0 Å². The minimum Gasteiger partial charge on any atom is -0.339 e. The van der Waals surface area contributed by atoms with Crippen molar-refractivity contribution in [3.05, 3.63) is 11.7 Å². The molecule has 0 saturated heterocycles. The number of hydrogen-bond acceptors (Lipinski definition) is 4. The van der Waals surface area contributed by atoms with Crippen LogP contribution in [0.2, 0.25) is 0 Å². The minimum absolute atomic E-state index is 0.0845. The normalized spacial score (nSPS) is 25.9. The summed E-state index contributed by atoms with van der Waals surface area (Å²) in [5.74, 6) is 1.62. The van der Waals surface area contributed by atoms with Crippen LogP contribution in [0, 0.1) is 17.2 Å². The van der Waals surface area contributed by atoms with Crippen molar-refractivity contribution < 1.29 is 4.52 Å². The largest absolute Gasteiger partial charge is 0.339 e. The molecule has 4 heteroatoms. The maximum atomic E-state index is 8.66. The lowest BCUT2D eigenvalue weighted by Gasteiger charge is -2.10. The molecule has 1 heterocycles. The Morgan fingerprint density at radius 3 is 2.64 bits per heavy atom. The predicted octanol–water partition coefficient (Wildman–Crippen LogP) is 1.99. The zero-order valence-corrected chi connectivity index (χ0v) is 8.61. The van der Waals surface area contributed by atoms with E-state index in [2.05, 4.69) is 16.2 Å². The van der Waals surface area contributed by atoms with Gasteiger partial charge in [-0.3, -0.25) is 0 Å². The van der Waals surface area contributed by atoms with Crippen molar-refractivity contribution in [3.8, 4) is 6.07 Å². The van der Waals surface area contributed by atoms with Crippen molar-refractivity contribution in [2.24, 2.45) is 5.92 Å². The highest BCUT2D eigenvalue weighted by Gasteiger charge is 2.43. The number of nitrogens with zero attached hydrogens (tertiary/aromatic N) is 3. The average Bonchev–Trinajstić information content (AvgIpc) is 2.71. The molecule has 0 aromatic carbocycles. The highest BCUT2D eigenvalue weighted by Crippen LogP contribution is 2.46. The third-order valence-corrected chi connectivity index (χ3v) is 2.39. The first kappa shape index (κ1) is 9.20. The quantitative estimate of drug-likeness (QED) is 0.681. The molecule has 1 aromatic heterocycles. The van der Waals surface area contributed by atoms with Crippen LogP contribution in [0.3, 0.4) is 0 Å². The summed E-state index contributed by atoms with van der Waals surface area (Å²) in [4.78, 5) is 4.31. The maximum absolute atomic E-state index is 8.66. The molecular formula is C10H13N3O. The van der Waals surface area contributed by atoms with Crippen LogP contribution in [-0.2, 0) is 5.41 Å². The molecule has 2 atom stereocenters. The number of nitriles is 1. The fourth-order valence-electron chi connectivity index (χ4n) is 1.30. The molecule has 1 fully saturated rings. The monoisotopic (exact) mass is 191 g/mol. The summed E-state index contributed by atoms with van der Waals surface area (Å²) in [6.45, 7) is 6.11. The molecule has 0 spiro atoms. The Labute approximate surface area is 82.9 Å². The van der Waals surface area contributed by atoms with E-state index < -0.39 is 0 Å². The second-order valence-electron chi connectivity index (χ2n) is 4.78. The van der Waals surface area contributed by atoms with Crippen LogP contribution in [0.25, 0.3) is 0 Å². The van der Waals surface area contributed by atoms with Crippen LogP contribution in [-0.4, -0.2) is 10.1 Å². The molecule has 0 amide bonds. The Morgan fingerprint density at radius 1 is 1.50 bits per heavy atom. The Kier molecular flexibility index (Phi) is 1.84. The summed E-state index contributed by atoms with van der Waals surface area (Å²) < 4.78 is 5.13. The van der Waals surface area contributed by atoms with Gasteiger partial charge in [0, 0.05) is 5.41 Å². The summed E-state index contributed by atoms with van der Waals surface area (Å²) in [5, 5.41) is 12.6. The van der Waals surface area contributed by atoms with Gasteiger partial charge in [0.25, 0.3) is 0 Å². The fourth-order valence-corrected chi connectivity index (χ4v) is 1.30. The van der Waals surface area contributed by atoms with E-state index in [9.17, 15) is 0 Å². The molecule has 1 aliphatic rings. The van der Waals surface area contributed by atoms with Gasteiger partial charge < -0.3 is 4.52 Å². The van der Waals surface area contributed by atoms with Gasteiger partial charge in [-0.1, -0.05) is 25.9 Å². The van der Waals surface area contributed by atoms with Crippen LogP contribution in [0.5, 0.6) is 0 Å². The van der Waals surface area contributed by atoms with Gasteiger partial charge in [-0.05, 0) is 6.42 Å². The second-order valence-corrected chi connectivity index (χ2v) is 4.78. The average molecular weight is 191 g/mol. The Hall–Kier alpha value is -1.37. The van der Waals surface area contributed by atoms with Crippen molar-refractivity contribution in [1.29, 1.82) is 5.26 Å². The lowest BCUT2D eigenvalue weighted by atomic mass is 9.96. The van der Waals surface area contributed by atoms with Crippen LogP contribution in [0.4, 0.5) is 0 Å². The molecular weight excluding hydrogens is 178 g/mol. The molecule has 2 rings (SSSR count). The molecule has 74 valence electrons. The van der Waals surface area contributed by atoms with Gasteiger partial charge in [0.2, 0.25) is 5.89 Å². The van der Waals surface area contributed by atoms with Crippen LogP contribution in [0.1, 0.15) is 44.8 Å². The van der Waals surface area contributed by atoms with Crippen molar-refractivity contribution in [2.75, 3.05) is 0 Å². The molecule has 1 saturated carbocycles. The zero-order chi connectivity index (χ0) is 10.3. The lowest BCUT2D eigenvalue weighted by Crippen LogP contribution is -2.13. The van der Waals surface area contributed by atoms with E-state index in [1.807, 2.05) is 20.8 Å². The summed E-state index contributed by atoms with van der Waals surface area (Å²) in [6.07, 6.45) is 0.863. The second kappa shape index (κ2) is 2.81. The third-order valence-electron chi connectivity index (χ3n) is 2.39. The van der Waals surface area contributed by atoms with E-state index in [4.69, 9.17) is 9.78 Å². The van der Waals surface area contributed by atoms with E-state index in [0.717, 1.165) is 12.2 Å². The van der Waals surface area contributed by atoms with Crippen molar-refractivity contribution >= 4 is 0 Å². The molecule has 2 unspecified atom stereocenters. The molecule has 0 radical (unpaired) electrons. The lowest BCUT2D eigenvalue weighted by molar-refractivity contribution is 0.362. The van der Waals surface area contributed by atoms with E-state index in [1.165, 1.54) is 0 Å². The van der Waals surface area contributed by atoms with Gasteiger partial charge in [0.15, 0.2) is 5.82 Å². The summed E-state index contributed by atoms with van der Waals surface area (Å²) >= 11 is 0. The SMILES string of the molecule is CC(C)(C)c1noc(C2CC2C#N)n1. The Balaban J connectivity index is 2.17. The van der Waals surface area contributed by atoms with E-state index >= 15 is 0 Å². The van der Waals surface area contributed by atoms with Gasteiger partial charge in [-0.15, -0.1) is 0 Å². The Bertz CT molecular complexity index is 383. The standard InChI is InChI=1S/C10H13N3O/c1-10(2,3)9-12-8(14-13-9)7-4-6(7)5-11/h6-7H,4H2,1-3H3. The smallest absolute Gasteiger partial charge is 0.231 e. The highest BCUT2D eigenvalue weighted by molar-refractivity contribution is 5.16. The molecule has 0 bridgehead atoms. The molecule has 1 aliphatic carbocycles. The summed E-state index contributed by atoms with van der Waals surface area (Å²) in [6, 6.07) is 2.21. The molecule has 14 heavy (non-hydrogen) atoms. The first-order valence-corrected chi connectivity index (χ1v) is 4.76. The van der Waals surface area contributed by atoms with Gasteiger partial charge in [0.05, 0.1) is 17.9 Å². The number of hydrogen-bond donors (Lipinski definition) is 0. The topological polar surface area (TPSA) is 62.7 Å². The first-order chi connectivity index (χ1) is 6.52. The third kappa shape index (κ3) is 1.50. The van der Waals surface area contributed by atoms with Gasteiger partial charge in [-0.25, -0.2) is 0 Å². The summed E-state index contributed by atoms with van der Waals surface area (Å²) in [5.41, 5.74) is -0.0845. The minimum atomic E-state index is -0.0845. The van der Waals surface area contributed by atoms with E-state index in [1.54, 1.807) is 0 Å². The van der Waals surface area contributed by atoms with Gasteiger partial charge in [0.1, 0.15) is 0 Å². The van der Waals surface area contributed by atoms with E-state index in [0.29, 0.717) is 5.89 Å².